The van der Waals surface area contributed by atoms with Gasteiger partial charge in [-0.2, -0.15) is 4.31 Å². The van der Waals surface area contributed by atoms with E-state index in [0.29, 0.717) is 31.0 Å². The van der Waals surface area contributed by atoms with Crippen LogP contribution in [0.2, 0.25) is 5.02 Å². The first kappa shape index (κ1) is 23.2. The minimum atomic E-state index is -3.91. The number of aryl methyl sites for hydroxylation is 1. The van der Waals surface area contributed by atoms with Crippen LogP contribution < -0.4 is 5.73 Å². The molecule has 31 heavy (non-hydrogen) atoms. The zero-order valence-electron chi connectivity index (χ0n) is 17.3. The highest BCUT2D eigenvalue weighted by molar-refractivity contribution is 7.89. The van der Waals surface area contributed by atoms with Crippen LogP contribution in [-0.4, -0.2) is 49.1 Å². The molecule has 2 aromatic carbocycles. The molecule has 0 aliphatic carbocycles. The van der Waals surface area contributed by atoms with E-state index in [0.717, 1.165) is 11.1 Å². The van der Waals surface area contributed by atoms with Gasteiger partial charge in [-0.15, -0.1) is 0 Å². The van der Waals surface area contributed by atoms with Crippen molar-refractivity contribution < 1.29 is 18.0 Å². The first-order chi connectivity index (χ1) is 14.7. The number of hydrogen-bond acceptors (Lipinski definition) is 4. The average molecular weight is 464 g/mol. The minimum absolute atomic E-state index is 0.0386. The molecule has 1 aliphatic rings. The zero-order chi connectivity index (χ0) is 22.6. The van der Waals surface area contributed by atoms with Crippen LogP contribution in [0.1, 0.15) is 24.0 Å². The molecule has 0 radical (unpaired) electrons. The predicted molar refractivity (Wildman–Crippen MR) is 119 cm³/mol. The highest BCUT2D eigenvalue weighted by atomic mass is 35.5. The largest absolute Gasteiger partial charge is 0.369 e. The van der Waals surface area contributed by atoms with E-state index in [1.54, 1.807) is 53.4 Å². The number of carbonyl (C=O) groups is 2. The van der Waals surface area contributed by atoms with Crippen molar-refractivity contribution in [3.63, 3.8) is 0 Å². The van der Waals surface area contributed by atoms with Gasteiger partial charge in [0, 0.05) is 30.6 Å². The van der Waals surface area contributed by atoms with Gasteiger partial charge in [-0.05, 0) is 49.6 Å². The number of rotatable bonds is 7. The van der Waals surface area contributed by atoms with E-state index in [2.05, 4.69) is 0 Å². The van der Waals surface area contributed by atoms with Crippen LogP contribution in [0.4, 0.5) is 0 Å². The molecule has 1 heterocycles. The number of likely N-dealkylation sites (tertiary alicyclic amines) is 1. The standard InChI is InChI=1S/C22H26ClN3O4S/c1-16-2-8-20(9-3-16)31(29,30)26(14-17-4-6-19(23)7-5-17)15-21(27)25-12-10-18(11-13-25)22(24)28/h2-9,18H,10-15H2,1H3,(H2,24,28). The maximum Gasteiger partial charge on any atom is 0.243 e. The fraction of sp³-hybridized carbons (Fsp3) is 0.364. The molecule has 166 valence electrons. The molecule has 3 rings (SSSR count). The molecule has 2 N–H and O–H groups in total. The summed E-state index contributed by atoms with van der Waals surface area (Å²) in [5, 5.41) is 0.546. The smallest absolute Gasteiger partial charge is 0.243 e. The van der Waals surface area contributed by atoms with Gasteiger partial charge in [0.1, 0.15) is 0 Å². The van der Waals surface area contributed by atoms with E-state index < -0.39 is 10.0 Å². The molecule has 0 spiro atoms. The van der Waals surface area contributed by atoms with E-state index in [-0.39, 0.29) is 35.7 Å². The molecule has 1 saturated heterocycles. The van der Waals surface area contributed by atoms with Gasteiger partial charge < -0.3 is 10.6 Å². The SMILES string of the molecule is Cc1ccc(S(=O)(=O)N(CC(=O)N2CCC(C(N)=O)CC2)Cc2ccc(Cl)cc2)cc1. The van der Waals surface area contributed by atoms with Crippen molar-refractivity contribution in [2.45, 2.75) is 31.2 Å². The highest BCUT2D eigenvalue weighted by Gasteiger charge is 2.31. The topological polar surface area (TPSA) is 101 Å². The summed E-state index contributed by atoms with van der Waals surface area (Å²) >= 11 is 5.94. The lowest BCUT2D eigenvalue weighted by molar-refractivity contribution is -0.135. The van der Waals surface area contributed by atoms with Crippen molar-refractivity contribution in [3.8, 4) is 0 Å². The van der Waals surface area contributed by atoms with Crippen LogP contribution >= 0.6 is 11.6 Å². The summed E-state index contributed by atoms with van der Waals surface area (Å²) in [6.07, 6.45) is 0.978. The van der Waals surface area contributed by atoms with Crippen molar-refractivity contribution in [2.75, 3.05) is 19.6 Å². The first-order valence-electron chi connectivity index (χ1n) is 10.0. The Morgan fingerprint density at radius 1 is 1.06 bits per heavy atom. The van der Waals surface area contributed by atoms with Gasteiger partial charge in [-0.3, -0.25) is 9.59 Å². The molecule has 7 nitrogen and oxygen atoms in total. The Morgan fingerprint density at radius 3 is 2.19 bits per heavy atom. The van der Waals surface area contributed by atoms with Crippen LogP contribution in [0.25, 0.3) is 0 Å². The molecular weight excluding hydrogens is 438 g/mol. The molecule has 9 heteroatoms. The van der Waals surface area contributed by atoms with Gasteiger partial charge in [-0.25, -0.2) is 8.42 Å². The molecule has 1 fully saturated rings. The normalized spacial score (nSPS) is 15.3. The fourth-order valence-corrected chi connectivity index (χ4v) is 5.05. The molecule has 1 aliphatic heterocycles. The monoisotopic (exact) mass is 463 g/mol. The van der Waals surface area contributed by atoms with Crippen LogP contribution in [0.5, 0.6) is 0 Å². The Morgan fingerprint density at radius 2 is 1.65 bits per heavy atom. The van der Waals surface area contributed by atoms with Crippen molar-refractivity contribution >= 4 is 33.4 Å². The number of amides is 2. The fourth-order valence-electron chi connectivity index (χ4n) is 3.54. The van der Waals surface area contributed by atoms with Gasteiger partial charge in [0.15, 0.2) is 0 Å². The van der Waals surface area contributed by atoms with Gasteiger partial charge >= 0.3 is 0 Å². The summed E-state index contributed by atoms with van der Waals surface area (Å²) in [6.45, 7) is 2.38. The Bertz CT molecular complexity index is 1030. The lowest BCUT2D eigenvalue weighted by Crippen LogP contribution is -2.46. The summed E-state index contributed by atoms with van der Waals surface area (Å²) < 4.78 is 27.9. The molecule has 0 bridgehead atoms. The number of benzene rings is 2. The summed E-state index contributed by atoms with van der Waals surface area (Å²) in [5.74, 6) is -0.906. The molecule has 0 saturated carbocycles. The van der Waals surface area contributed by atoms with E-state index in [1.807, 2.05) is 6.92 Å². The Balaban J connectivity index is 1.81. The third-order valence-corrected chi connectivity index (χ3v) is 7.55. The number of hydrogen-bond donors (Lipinski definition) is 1. The lowest BCUT2D eigenvalue weighted by Gasteiger charge is -2.32. The summed E-state index contributed by atoms with van der Waals surface area (Å²) in [5.41, 5.74) is 7.02. The second kappa shape index (κ2) is 9.80. The second-order valence-electron chi connectivity index (χ2n) is 7.77. The van der Waals surface area contributed by atoms with Crippen molar-refractivity contribution in [2.24, 2.45) is 11.7 Å². The van der Waals surface area contributed by atoms with Crippen LogP contribution in [0.15, 0.2) is 53.4 Å². The van der Waals surface area contributed by atoms with E-state index >= 15 is 0 Å². The van der Waals surface area contributed by atoms with Crippen molar-refractivity contribution in [1.29, 1.82) is 0 Å². The summed E-state index contributed by atoms with van der Waals surface area (Å²) in [7, 11) is -3.91. The number of carbonyl (C=O) groups excluding carboxylic acids is 2. The number of nitrogens with two attached hydrogens (primary N) is 1. The molecular formula is C22H26ClN3O4S. The van der Waals surface area contributed by atoms with Crippen molar-refractivity contribution in [1.82, 2.24) is 9.21 Å². The number of halogens is 1. The Labute approximate surface area is 187 Å². The van der Waals surface area contributed by atoms with Crippen LogP contribution in [-0.2, 0) is 26.2 Å². The summed E-state index contributed by atoms with van der Waals surface area (Å²) in [4.78, 5) is 26.0. The lowest BCUT2D eigenvalue weighted by atomic mass is 9.96. The Kier molecular flexibility index (Phi) is 7.35. The third kappa shape index (κ3) is 5.84. The molecule has 2 amide bonds. The van der Waals surface area contributed by atoms with Crippen LogP contribution in [0, 0.1) is 12.8 Å². The molecule has 0 atom stereocenters. The number of primary amides is 1. The number of sulfonamides is 1. The maximum absolute atomic E-state index is 13.3. The van der Waals surface area contributed by atoms with Gasteiger partial charge in [0.2, 0.25) is 21.8 Å². The minimum Gasteiger partial charge on any atom is -0.369 e. The maximum atomic E-state index is 13.3. The van der Waals surface area contributed by atoms with Gasteiger partial charge in [0.05, 0.1) is 11.4 Å². The first-order valence-corrected chi connectivity index (χ1v) is 11.9. The highest BCUT2D eigenvalue weighted by Crippen LogP contribution is 2.22. The Hall–Kier alpha value is -2.42. The van der Waals surface area contributed by atoms with E-state index in [4.69, 9.17) is 17.3 Å². The van der Waals surface area contributed by atoms with Crippen LogP contribution in [0.3, 0.4) is 0 Å². The number of nitrogens with zero attached hydrogens (tertiary/aromatic N) is 2. The average Bonchev–Trinajstić information content (AvgIpc) is 2.75. The van der Waals surface area contributed by atoms with E-state index in [1.165, 1.54) is 4.31 Å². The zero-order valence-corrected chi connectivity index (χ0v) is 18.9. The molecule has 0 unspecified atom stereocenters. The van der Waals surface area contributed by atoms with Crippen molar-refractivity contribution in [3.05, 3.63) is 64.7 Å². The van der Waals surface area contributed by atoms with E-state index in [9.17, 15) is 18.0 Å². The third-order valence-electron chi connectivity index (χ3n) is 5.49. The molecule has 2 aromatic rings. The second-order valence-corrected chi connectivity index (χ2v) is 10.1. The summed E-state index contributed by atoms with van der Waals surface area (Å²) in [6, 6.07) is 13.4. The van der Waals surface area contributed by atoms with Gasteiger partial charge in [-0.1, -0.05) is 41.4 Å². The number of piperidine rings is 1. The molecule has 0 aromatic heterocycles. The quantitative estimate of drug-likeness (QED) is 0.681. The van der Waals surface area contributed by atoms with Gasteiger partial charge in [0.25, 0.3) is 0 Å². The predicted octanol–water partition coefficient (Wildman–Crippen LogP) is 2.56.